The minimum atomic E-state index is -0.483. The third-order valence-electron chi connectivity index (χ3n) is 5.14. The third kappa shape index (κ3) is 5.30. The van der Waals surface area contributed by atoms with Crippen molar-refractivity contribution in [3.05, 3.63) is 51.2 Å². The zero-order valence-electron chi connectivity index (χ0n) is 15.5. The molecule has 1 saturated carbocycles. The molecule has 0 radical (unpaired) electrons. The van der Waals surface area contributed by atoms with Crippen LogP contribution in [-0.2, 0) is 6.54 Å². The van der Waals surface area contributed by atoms with Gasteiger partial charge in [-0.05, 0) is 49.1 Å². The number of rotatable bonds is 8. The summed E-state index contributed by atoms with van der Waals surface area (Å²) in [6.07, 6.45) is 5.18. The van der Waals surface area contributed by atoms with E-state index in [0.717, 1.165) is 31.2 Å². The van der Waals surface area contributed by atoms with Crippen molar-refractivity contribution in [1.82, 2.24) is 9.97 Å². The summed E-state index contributed by atoms with van der Waals surface area (Å²) in [5.74, 6) is 1.31. The second-order valence-electron chi connectivity index (χ2n) is 7.08. The summed E-state index contributed by atoms with van der Waals surface area (Å²) in [5, 5.41) is 27.4. The number of aliphatic hydroxyl groups is 1. The number of hydrogen-bond acceptors (Lipinski definition) is 7. The van der Waals surface area contributed by atoms with E-state index in [1.807, 2.05) is 18.2 Å². The second kappa shape index (κ2) is 9.66. The van der Waals surface area contributed by atoms with Crippen molar-refractivity contribution in [1.29, 1.82) is 0 Å². The maximum atomic E-state index is 11.3. The minimum Gasteiger partial charge on any atom is -0.396 e. The van der Waals surface area contributed by atoms with Gasteiger partial charge in [0.25, 0.3) is 0 Å². The van der Waals surface area contributed by atoms with Crippen LogP contribution in [0.15, 0.2) is 30.5 Å². The number of halogens is 1. The van der Waals surface area contributed by atoms with Gasteiger partial charge in [-0.2, -0.15) is 4.98 Å². The standard InChI is InChI=1S/C19H24ClN5O3/c20-16-4-2-1-3-15(16)10-22-19-23-11-17(25(27)28)18(24-19)21-9-13-5-7-14(12-26)8-6-13/h1-4,11,13-14,26H,5-10,12H2,(H2,21,22,23,24). The molecule has 3 N–H and O–H groups in total. The Labute approximate surface area is 168 Å². The van der Waals surface area contributed by atoms with Crippen molar-refractivity contribution >= 4 is 29.1 Å². The van der Waals surface area contributed by atoms with Gasteiger partial charge in [-0.3, -0.25) is 10.1 Å². The minimum absolute atomic E-state index is 0.146. The number of nitrogens with one attached hydrogen (secondary N) is 2. The van der Waals surface area contributed by atoms with Crippen LogP contribution in [0.2, 0.25) is 5.02 Å². The molecule has 0 bridgehead atoms. The van der Waals surface area contributed by atoms with Crippen LogP contribution in [0.1, 0.15) is 31.2 Å². The van der Waals surface area contributed by atoms with Gasteiger partial charge in [-0.15, -0.1) is 0 Å². The van der Waals surface area contributed by atoms with Gasteiger partial charge in [0, 0.05) is 24.7 Å². The number of aromatic nitrogens is 2. The molecule has 1 aromatic carbocycles. The first-order valence-corrected chi connectivity index (χ1v) is 9.78. The zero-order valence-corrected chi connectivity index (χ0v) is 16.2. The number of anilines is 2. The van der Waals surface area contributed by atoms with E-state index in [9.17, 15) is 15.2 Å². The van der Waals surface area contributed by atoms with Gasteiger partial charge in [0.15, 0.2) is 0 Å². The second-order valence-corrected chi connectivity index (χ2v) is 7.49. The lowest BCUT2D eigenvalue weighted by Crippen LogP contribution is -2.23. The molecule has 9 heteroatoms. The maximum Gasteiger partial charge on any atom is 0.329 e. The molecule has 1 aromatic heterocycles. The summed E-state index contributed by atoms with van der Waals surface area (Å²) in [6, 6.07) is 7.43. The van der Waals surface area contributed by atoms with Crippen LogP contribution in [0.25, 0.3) is 0 Å². The molecular formula is C19H24ClN5O3. The Morgan fingerprint density at radius 1 is 1.18 bits per heavy atom. The summed E-state index contributed by atoms with van der Waals surface area (Å²) in [4.78, 5) is 19.2. The fraction of sp³-hybridized carbons (Fsp3) is 0.474. The van der Waals surface area contributed by atoms with Crippen molar-refractivity contribution in [2.45, 2.75) is 32.2 Å². The van der Waals surface area contributed by atoms with E-state index in [2.05, 4.69) is 20.6 Å². The number of benzene rings is 1. The molecule has 1 heterocycles. The number of aliphatic hydroxyl groups excluding tert-OH is 1. The van der Waals surface area contributed by atoms with Crippen LogP contribution in [0.5, 0.6) is 0 Å². The monoisotopic (exact) mass is 405 g/mol. The Morgan fingerprint density at radius 3 is 2.57 bits per heavy atom. The normalized spacial score (nSPS) is 19.2. The fourth-order valence-electron chi connectivity index (χ4n) is 3.40. The highest BCUT2D eigenvalue weighted by Crippen LogP contribution is 2.30. The summed E-state index contributed by atoms with van der Waals surface area (Å²) in [7, 11) is 0. The van der Waals surface area contributed by atoms with Gasteiger partial charge in [0.05, 0.1) is 4.92 Å². The molecule has 0 aliphatic heterocycles. The zero-order chi connectivity index (χ0) is 19.9. The van der Waals surface area contributed by atoms with Gasteiger partial charge in [-0.25, -0.2) is 4.98 Å². The Morgan fingerprint density at radius 2 is 1.89 bits per heavy atom. The van der Waals surface area contributed by atoms with E-state index < -0.39 is 4.92 Å². The quantitative estimate of drug-likeness (QED) is 0.451. The highest BCUT2D eigenvalue weighted by atomic mass is 35.5. The Balaban J connectivity index is 1.64. The molecule has 1 aliphatic carbocycles. The number of nitro groups is 1. The SMILES string of the molecule is O=[N+]([O-])c1cnc(NCc2ccccc2Cl)nc1NCC1CCC(CO)CC1. The molecule has 1 fully saturated rings. The summed E-state index contributed by atoms with van der Waals surface area (Å²) in [5.41, 5.74) is 0.744. The maximum absolute atomic E-state index is 11.3. The molecule has 2 aromatic rings. The van der Waals surface area contributed by atoms with E-state index >= 15 is 0 Å². The molecule has 0 unspecified atom stereocenters. The Kier molecular flexibility index (Phi) is 7.00. The van der Waals surface area contributed by atoms with Crippen LogP contribution in [0.4, 0.5) is 17.5 Å². The van der Waals surface area contributed by atoms with Crippen LogP contribution in [-0.4, -0.2) is 33.1 Å². The van der Waals surface area contributed by atoms with Crippen LogP contribution < -0.4 is 10.6 Å². The molecule has 150 valence electrons. The van der Waals surface area contributed by atoms with Crippen LogP contribution in [0, 0.1) is 22.0 Å². The van der Waals surface area contributed by atoms with Crippen molar-refractivity contribution in [3.63, 3.8) is 0 Å². The van der Waals surface area contributed by atoms with Crippen LogP contribution in [0.3, 0.4) is 0 Å². The lowest BCUT2D eigenvalue weighted by atomic mass is 9.82. The lowest BCUT2D eigenvalue weighted by Gasteiger charge is -2.27. The molecule has 3 rings (SSSR count). The molecule has 0 atom stereocenters. The van der Waals surface area contributed by atoms with Gasteiger partial charge in [0.1, 0.15) is 6.20 Å². The average Bonchev–Trinajstić information content (AvgIpc) is 2.72. The molecule has 0 spiro atoms. The van der Waals surface area contributed by atoms with Gasteiger partial charge in [-0.1, -0.05) is 29.8 Å². The van der Waals surface area contributed by atoms with Gasteiger partial charge in [0.2, 0.25) is 11.8 Å². The average molecular weight is 406 g/mol. The van der Waals surface area contributed by atoms with Crippen LogP contribution >= 0.6 is 11.6 Å². The van der Waals surface area contributed by atoms with E-state index in [0.29, 0.717) is 35.9 Å². The Bertz CT molecular complexity index is 812. The Hall–Kier alpha value is -2.45. The summed E-state index contributed by atoms with van der Waals surface area (Å²) < 4.78 is 0. The van der Waals surface area contributed by atoms with Crippen molar-refractivity contribution in [3.8, 4) is 0 Å². The molecular weight excluding hydrogens is 382 g/mol. The number of nitrogens with zero attached hydrogens (tertiary/aromatic N) is 3. The van der Waals surface area contributed by atoms with Gasteiger partial charge >= 0.3 is 5.69 Å². The number of hydrogen-bond donors (Lipinski definition) is 3. The lowest BCUT2D eigenvalue weighted by molar-refractivity contribution is -0.384. The van der Waals surface area contributed by atoms with E-state index in [-0.39, 0.29) is 18.1 Å². The highest BCUT2D eigenvalue weighted by molar-refractivity contribution is 6.31. The van der Waals surface area contributed by atoms with E-state index in [1.165, 1.54) is 6.20 Å². The first-order valence-electron chi connectivity index (χ1n) is 9.40. The molecule has 0 saturated heterocycles. The molecule has 28 heavy (non-hydrogen) atoms. The van der Waals surface area contributed by atoms with Crippen molar-refractivity contribution in [2.75, 3.05) is 23.8 Å². The van der Waals surface area contributed by atoms with Crippen molar-refractivity contribution < 1.29 is 10.0 Å². The smallest absolute Gasteiger partial charge is 0.329 e. The predicted octanol–water partition coefficient (Wildman–Crippen LogP) is 3.86. The topological polar surface area (TPSA) is 113 Å². The van der Waals surface area contributed by atoms with Gasteiger partial charge < -0.3 is 15.7 Å². The van der Waals surface area contributed by atoms with Crippen molar-refractivity contribution in [2.24, 2.45) is 11.8 Å². The van der Waals surface area contributed by atoms with E-state index in [4.69, 9.17) is 11.6 Å². The fourth-order valence-corrected chi connectivity index (χ4v) is 3.60. The molecule has 1 aliphatic rings. The molecule has 0 amide bonds. The highest BCUT2D eigenvalue weighted by Gasteiger charge is 2.23. The van der Waals surface area contributed by atoms with E-state index in [1.54, 1.807) is 6.07 Å². The molecule has 8 nitrogen and oxygen atoms in total. The predicted molar refractivity (Wildman–Crippen MR) is 108 cm³/mol. The largest absolute Gasteiger partial charge is 0.396 e. The summed E-state index contributed by atoms with van der Waals surface area (Å²) in [6.45, 7) is 1.26. The first-order chi connectivity index (χ1) is 13.6. The summed E-state index contributed by atoms with van der Waals surface area (Å²) >= 11 is 6.15. The third-order valence-corrected chi connectivity index (χ3v) is 5.51. The first kappa shape index (κ1) is 20.3.